The fraction of sp³-hybridized carbons (Fsp3) is 1.00. The van der Waals surface area contributed by atoms with Crippen LogP contribution in [0.1, 0.15) is 12.8 Å². The predicted octanol–water partition coefficient (Wildman–Crippen LogP) is 0.706. The maximum absolute atomic E-state index is 12.6. The Morgan fingerprint density at radius 2 is 2.25 bits per heavy atom. The third-order valence-corrected chi connectivity index (χ3v) is 2.25. The van der Waals surface area contributed by atoms with Gasteiger partial charge in [-0.05, 0) is 25.3 Å². The van der Waals surface area contributed by atoms with Gasteiger partial charge in [-0.1, -0.05) is 0 Å². The maximum atomic E-state index is 12.6. The van der Waals surface area contributed by atoms with Crippen LogP contribution in [0.25, 0.3) is 0 Å². The molecule has 2 fully saturated rings. The summed E-state index contributed by atoms with van der Waals surface area (Å²) in [5.74, 6) is 0.662. The van der Waals surface area contributed by atoms with Gasteiger partial charge in [-0.25, -0.2) is 4.39 Å². The molecular weight excluding hydrogens is 105 g/mol. The molecule has 0 spiro atoms. The average molecular weight is 115 g/mol. The first-order valence-electron chi connectivity index (χ1n) is 3.24. The molecule has 1 N–H and O–H groups in total. The van der Waals surface area contributed by atoms with E-state index in [9.17, 15) is 4.39 Å². The van der Waals surface area contributed by atoms with E-state index in [0.29, 0.717) is 5.92 Å². The van der Waals surface area contributed by atoms with E-state index in [1.54, 1.807) is 0 Å². The number of alkyl halides is 1. The summed E-state index contributed by atoms with van der Waals surface area (Å²) in [5, 5.41) is 3.13. The van der Waals surface area contributed by atoms with Crippen molar-refractivity contribution < 1.29 is 4.39 Å². The zero-order valence-electron chi connectivity index (χ0n) is 4.73. The topological polar surface area (TPSA) is 12.0 Å². The molecule has 0 aromatic rings. The van der Waals surface area contributed by atoms with Gasteiger partial charge in [0, 0.05) is 6.04 Å². The number of piperidine rings is 1. The molecule has 3 atom stereocenters. The Bertz CT molecular complexity index is 103. The van der Waals surface area contributed by atoms with Crippen LogP contribution in [0.3, 0.4) is 0 Å². The summed E-state index contributed by atoms with van der Waals surface area (Å²) in [4.78, 5) is 0. The summed E-state index contributed by atoms with van der Waals surface area (Å²) < 4.78 is 12.6. The highest BCUT2D eigenvalue weighted by molar-refractivity contribution is 4.95. The predicted molar refractivity (Wildman–Crippen MR) is 29.4 cm³/mol. The maximum Gasteiger partial charge on any atom is 0.116 e. The highest BCUT2D eigenvalue weighted by Gasteiger charge is 2.39. The van der Waals surface area contributed by atoms with Crippen LogP contribution in [0.4, 0.5) is 4.39 Å². The molecular formula is C6H10FN. The Kier molecular flexibility index (Phi) is 0.852. The average Bonchev–Trinajstić information content (AvgIpc) is 2.23. The number of fused-ring (bicyclic) bond motifs is 2. The third kappa shape index (κ3) is 0.494. The quantitative estimate of drug-likeness (QED) is 0.490. The summed E-state index contributed by atoms with van der Waals surface area (Å²) in [6.45, 7) is 1.06. The fourth-order valence-corrected chi connectivity index (χ4v) is 1.78. The Labute approximate surface area is 48.3 Å². The van der Waals surface area contributed by atoms with Crippen molar-refractivity contribution >= 4 is 0 Å². The van der Waals surface area contributed by atoms with Crippen molar-refractivity contribution in [1.29, 1.82) is 0 Å². The summed E-state index contributed by atoms with van der Waals surface area (Å²) in [7, 11) is 0. The van der Waals surface area contributed by atoms with Crippen LogP contribution in [0, 0.1) is 5.92 Å². The minimum absolute atomic E-state index is 0.222. The molecule has 2 heteroatoms. The van der Waals surface area contributed by atoms with Crippen molar-refractivity contribution in [1.82, 2.24) is 5.32 Å². The van der Waals surface area contributed by atoms with Gasteiger partial charge in [0.05, 0.1) is 0 Å². The smallest absolute Gasteiger partial charge is 0.116 e. The van der Waals surface area contributed by atoms with Gasteiger partial charge in [-0.3, -0.25) is 0 Å². The molecule has 8 heavy (non-hydrogen) atoms. The first kappa shape index (κ1) is 4.74. The van der Waals surface area contributed by atoms with Crippen LogP contribution in [-0.4, -0.2) is 18.8 Å². The van der Waals surface area contributed by atoms with Crippen molar-refractivity contribution in [3.05, 3.63) is 0 Å². The lowest BCUT2D eigenvalue weighted by Gasteiger charge is -2.14. The van der Waals surface area contributed by atoms with E-state index in [2.05, 4.69) is 5.32 Å². The van der Waals surface area contributed by atoms with Crippen LogP contribution in [0.2, 0.25) is 0 Å². The second kappa shape index (κ2) is 1.44. The van der Waals surface area contributed by atoms with Crippen LogP contribution in [0.5, 0.6) is 0 Å². The zero-order chi connectivity index (χ0) is 5.56. The molecule has 2 aliphatic rings. The van der Waals surface area contributed by atoms with E-state index < -0.39 is 6.17 Å². The number of nitrogens with one attached hydrogen (secondary N) is 1. The van der Waals surface area contributed by atoms with E-state index in [4.69, 9.17) is 0 Å². The van der Waals surface area contributed by atoms with E-state index in [0.717, 1.165) is 19.4 Å². The van der Waals surface area contributed by atoms with E-state index in [1.807, 2.05) is 0 Å². The number of hydrogen-bond acceptors (Lipinski definition) is 1. The molecule has 1 saturated carbocycles. The van der Waals surface area contributed by atoms with Gasteiger partial charge in [0.2, 0.25) is 0 Å². The Balaban J connectivity index is 2.11. The monoisotopic (exact) mass is 115 g/mol. The van der Waals surface area contributed by atoms with Crippen molar-refractivity contribution in [2.75, 3.05) is 6.54 Å². The molecule has 2 rings (SSSR count). The molecule has 0 amide bonds. The van der Waals surface area contributed by atoms with Crippen LogP contribution in [-0.2, 0) is 0 Å². The van der Waals surface area contributed by atoms with E-state index >= 15 is 0 Å². The van der Waals surface area contributed by atoms with Gasteiger partial charge in [0.15, 0.2) is 0 Å². The molecule has 0 radical (unpaired) electrons. The number of hydrogen-bond donors (Lipinski definition) is 1. The van der Waals surface area contributed by atoms with Crippen molar-refractivity contribution in [2.24, 2.45) is 5.92 Å². The summed E-state index contributed by atoms with van der Waals surface area (Å²) >= 11 is 0. The van der Waals surface area contributed by atoms with Crippen molar-refractivity contribution in [3.8, 4) is 0 Å². The first-order chi connectivity index (χ1) is 3.86. The Hall–Kier alpha value is -0.110. The molecule has 1 heterocycles. The lowest BCUT2D eigenvalue weighted by atomic mass is 10.1. The molecule has 1 aliphatic heterocycles. The lowest BCUT2D eigenvalue weighted by Crippen LogP contribution is -2.33. The third-order valence-electron chi connectivity index (χ3n) is 2.25. The molecule has 0 aromatic carbocycles. The lowest BCUT2D eigenvalue weighted by molar-refractivity contribution is 0.256. The minimum atomic E-state index is -0.534. The molecule has 1 saturated heterocycles. The second-order valence-corrected chi connectivity index (χ2v) is 2.87. The van der Waals surface area contributed by atoms with Crippen molar-refractivity contribution in [2.45, 2.75) is 25.1 Å². The van der Waals surface area contributed by atoms with Crippen LogP contribution < -0.4 is 5.32 Å². The summed E-state index contributed by atoms with van der Waals surface area (Å²) in [6.07, 6.45) is 1.37. The molecule has 1 nitrogen and oxygen atoms in total. The molecule has 1 aliphatic carbocycles. The van der Waals surface area contributed by atoms with Gasteiger partial charge in [-0.2, -0.15) is 0 Å². The largest absolute Gasteiger partial charge is 0.311 e. The molecule has 3 unspecified atom stereocenters. The number of rotatable bonds is 0. The highest BCUT2D eigenvalue weighted by Crippen LogP contribution is 2.32. The van der Waals surface area contributed by atoms with Gasteiger partial charge < -0.3 is 5.32 Å². The minimum Gasteiger partial charge on any atom is -0.311 e. The fourth-order valence-electron chi connectivity index (χ4n) is 1.78. The van der Waals surface area contributed by atoms with Gasteiger partial charge in [-0.15, -0.1) is 0 Å². The van der Waals surface area contributed by atoms with Crippen LogP contribution >= 0.6 is 0 Å². The normalized spacial score (nSPS) is 52.9. The Morgan fingerprint density at radius 1 is 1.38 bits per heavy atom. The van der Waals surface area contributed by atoms with Gasteiger partial charge >= 0.3 is 0 Å². The molecule has 2 bridgehead atoms. The molecule has 0 aromatic heterocycles. The van der Waals surface area contributed by atoms with Gasteiger partial charge in [0.1, 0.15) is 6.17 Å². The SMILES string of the molecule is FC1CC2CNC1C2. The second-order valence-electron chi connectivity index (χ2n) is 2.87. The first-order valence-corrected chi connectivity index (χ1v) is 3.24. The highest BCUT2D eigenvalue weighted by atomic mass is 19.1. The summed E-state index contributed by atoms with van der Waals surface area (Å²) in [5.41, 5.74) is 0. The van der Waals surface area contributed by atoms with Gasteiger partial charge in [0.25, 0.3) is 0 Å². The van der Waals surface area contributed by atoms with E-state index in [1.165, 1.54) is 0 Å². The van der Waals surface area contributed by atoms with Crippen LogP contribution in [0.15, 0.2) is 0 Å². The standard InChI is InChI=1S/C6H10FN/c7-5-1-4-2-6(5)8-3-4/h4-6,8H,1-3H2. The zero-order valence-corrected chi connectivity index (χ0v) is 4.73. The Morgan fingerprint density at radius 3 is 2.50 bits per heavy atom. The van der Waals surface area contributed by atoms with Crippen molar-refractivity contribution in [3.63, 3.8) is 0 Å². The number of halogens is 1. The van der Waals surface area contributed by atoms with E-state index in [-0.39, 0.29) is 6.04 Å². The summed E-state index contributed by atoms with van der Waals surface area (Å²) in [6, 6.07) is 0.222. The molecule has 46 valence electrons.